The molecule has 0 saturated heterocycles. The van der Waals surface area contributed by atoms with Crippen LogP contribution in [0.5, 0.6) is 0 Å². The first-order valence-electron chi connectivity index (χ1n) is 7.95. The van der Waals surface area contributed by atoms with E-state index in [2.05, 4.69) is 0 Å². The third kappa shape index (κ3) is 5.70. The van der Waals surface area contributed by atoms with Gasteiger partial charge in [-0.3, -0.25) is 0 Å². The van der Waals surface area contributed by atoms with Gasteiger partial charge in [0, 0.05) is 0 Å². The Bertz CT molecular complexity index is 509. The van der Waals surface area contributed by atoms with Crippen LogP contribution in [0.1, 0.15) is 11.1 Å². The molecule has 0 fully saturated rings. The summed E-state index contributed by atoms with van der Waals surface area (Å²) >= 11 is 0. The summed E-state index contributed by atoms with van der Waals surface area (Å²) in [6.45, 7) is -0.196. The first kappa shape index (κ1) is 18.6. The molecule has 0 aliphatic rings. The van der Waals surface area contributed by atoms with Crippen LogP contribution in [0.3, 0.4) is 0 Å². The number of rotatable bonds is 10. The summed E-state index contributed by atoms with van der Waals surface area (Å²) in [4.78, 5) is 0. The topological polar surface area (TPSA) is 79.2 Å². The lowest BCUT2D eigenvalue weighted by Crippen LogP contribution is -2.44. The van der Waals surface area contributed by atoms with Crippen molar-refractivity contribution in [2.75, 3.05) is 13.2 Å². The molecule has 0 bridgehead atoms. The van der Waals surface area contributed by atoms with E-state index in [1.165, 1.54) is 0 Å². The zero-order valence-corrected chi connectivity index (χ0v) is 13.5. The molecule has 2 aromatic carbocycles. The third-order valence-corrected chi connectivity index (χ3v) is 3.74. The molecule has 0 heterocycles. The van der Waals surface area contributed by atoms with Crippen LogP contribution in [0.15, 0.2) is 60.7 Å². The normalized spacial score (nSPS) is 15.0. The highest BCUT2D eigenvalue weighted by Crippen LogP contribution is 2.13. The standard InChI is InChI=1S/C19H24O5/c20-11-17(23-13-15-7-3-1-4-8-15)19(22)18(12-21)24-14-16-9-5-2-6-10-16/h1-10,17-22H,11-14H2/t17-,18+,19-. The second kappa shape index (κ2) is 10.2. The summed E-state index contributed by atoms with van der Waals surface area (Å²) in [7, 11) is 0. The summed E-state index contributed by atoms with van der Waals surface area (Å²) in [6, 6.07) is 19.0. The molecule has 130 valence electrons. The molecule has 0 aliphatic carbocycles. The maximum Gasteiger partial charge on any atom is 0.111 e. The summed E-state index contributed by atoms with van der Waals surface area (Å²) < 4.78 is 11.2. The van der Waals surface area contributed by atoms with Crippen LogP contribution in [0.2, 0.25) is 0 Å². The quantitative estimate of drug-likeness (QED) is 0.614. The second-order valence-corrected chi connectivity index (χ2v) is 5.53. The minimum absolute atomic E-state index is 0.264. The van der Waals surface area contributed by atoms with Gasteiger partial charge in [-0.25, -0.2) is 0 Å². The van der Waals surface area contributed by atoms with Crippen molar-refractivity contribution < 1.29 is 24.8 Å². The molecule has 24 heavy (non-hydrogen) atoms. The molecule has 0 unspecified atom stereocenters. The zero-order valence-electron chi connectivity index (χ0n) is 13.5. The average Bonchev–Trinajstić information content (AvgIpc) is 2.64. The Morgan fingerprint density at radius 2 is 1.04 bits per heavy atom. The fourth-order valence-electron chi connectivity index (χ4n) is 2.31. The van der Waals surface area contributed by atoms with Gasteiger partial charge in [-0.2, -0.15) is 0 Å². The molecule has 0 spiro atoms. The molecule has 5 heteroatoms. The molecule has 0 saturated carbocycles. The summed E-state index contributed by atoms with van der Waals surface area (Å²) in [6.07, 6.45) is -2.80. The van der Waals surface area contributed by atoms with Gasteiger partial charge in [0.05, 0.1) is 26.4 Å². The molecule has 2 rings (SSSR count). The highest BCUT2D eigenvalue weighted by Gasteiger charge is 2.28. The van der Waals surface area contributed by atoms with Crippen molar-refractivity contribution in [3.8, 4) is 0 Å². The number of hydrogen-bond acceptors (Lipinski definition) is 5. The van der Waals surface area contributed by atoms with Gasteiger partial charge in [0.1, 0.15) is 18.3 Å². The van der Waals surface area contributed by atoms with Crippen molar-refractivity contribution >= 4 is 0 Å². The van der Waals surface area contributed by atoms with Crippen molar-refractivity contribution in [2.45, 2.75) is 31.5 Å². The van der Waals surface area contributed by atoms with Crippen LogP contribution in [0, 0.1) is 0 Å². The molecular weight excluding hydrogens is 308 g/mol. The van der Waals surface area contributed by atoms with Gasteiger partial charge >= 0.3 is 0 Å². The Kier molecular flexibility index (Phi) is 7.88. The van der Waals surface area contributed by atoms with Crippen molar-refractivity contribution in [1.82, 2.24) is 0 Å². The molecular formula is C19H24O5. The van der Waals surface area contributed by atoms with Crippen molar-refractivity contribution in [3.05, 3.63) is 71.8 Å². The lowest BCUT2D eigenvalue weighted by atomic mass is 10.1. The predicted molar refractivity (Wildman–Crippen MR) is 90.2 cm³/mol. The molecule has 0 aliphatic heterocycles. The summed E-state index contributed by atoms with van der Waals surface area (Å²) in [5.41, 5.74) is 1.88. The smallest absolute Gasteiger partial charge is 0.111 e. The third-order valence-electron chi connectivity index (χ3n) is 3.74. The molecule has 0 amide bonds. The van der Waals surface area contributed by atoms with E-state index in [1.54, 1.807) is 0 Å². The lowest BCUT2D eigenvalue weighted by Gasteiger charge is -2.28. The van der Waals surface area contributed by atoms with Gasteiger partial charge in [-0.15, -0.1) is 0 Å². The molecule has 5 nitrogen and oxygen atoms in total. The largest absolute Gasteiger partial charge is 0.394 e. The Morgan fingerprint density at radius 1 is 0.667 bits per heavy atom. The molecule has 2 aromatic rings. The minimum atomic E-state index is -1.13. The Hall–Kier alpha value is -1.76. The summed E-state index contributed by atoms with van der Waals surface area (Å²) in [5.74, 6) is 0. The SMILES string of the molecule is OC[C@H](OCc1ccccc1)[C@H](O)[C@@H](CO)OCc1ccccc1. The van der Waals surface area contributed by atoms with Crippen LogP contribution < -0.4 is 0 Å². The van der Waals surface area contributed by atoms with Crippen LogP contribution in [0.4, 0.5) is 0 Å². The van der Waals surface area contributed by atoms with Crippen molar-refractivity contribution in [2.24, 2.45) is 0 Å². The number of hydrogen-bond donors (Lipinski definition) is 3. The van der Waals surface area contributed by atoms with Crippen LogP contribution in [0.25, 0.3) is 0 Å². The van der Waals surface area contributed by atoms with Crippen LogP contribution >= 0.6 is 0 Å². The Labute approximate surface area is 142 Å². The first-order valence-corrected chi connectivity index (χ1v) is 7.95. The van der Waals surface area contributed by atoms with Gasteiger partial charge < -0.3 is 24.8 Å². The monoisotopic (exact) mass is 332 g/mol. The zero-order chi connectivity index (χ0) is 17.2. The van der Waals surface area contributed by atoms with E-state index in [0.29, 0.717) is 0 Å². The Morgan fingerprint density at radius 3 is 1.38 bits per heavy atom. The van der Waals surface area contributed by atoms with E-state index < -0.39 is 18.3 Å². The second-order valence-electron chi connectivity index (χ2n) is 5.53. The van der Waals surface area contributed by atoms with E-state index in [-0.39, 0.29) is 26.4 Å². The molecule has 3 N–H and O–H groups in total. The minimum Gasteiger partial charge on any atom is -0.394 e. The van der Waals surface area contributed by atoms with E-state index >= 15 is 0 Å². The molecule has 3 atom stereocenters. The maximum atomic E-state index is 10.4. The highest BCUT2D eigenvalue weighted by atomic mass is 16.5. The van der Waals surface area contributed by atoms with Gasteiger partial charge in [0.25, 0.3) is 0 Å². The number of ether oxygens (including phenoxy) is 2. The van der Waals surface area contributed by atoms with Gasteiger partial charge in [0.2, 0.25) is 0 Å². The number of aliphatic hydroxyl groups excluding tert-OH is 3. The van der Waals surface area contributed by atoms with E-state index in [1.807, 2.05) is 60.7 Å². The van der Waals surface area contributed by atoms with Crippen molar-refractivity contribution in [3.63, 3.8) is 0 Å². The highest BCUT2D eigenvalue weighted by molar-refractivity contribution is 5.14. The van der Waals surface area contributed by atoms with Crippen LogP contribution in [-0.2, 0) is 22.7 Å². The average molecular weight is 332 g/mol. The van der Waals surface area contributed by atoms with E-state index in [0.717, 1.165) is 11.1 Å². The van der Waals surface area contributed by atoms with Crippen molar-refractivity contribution in [1.29, 1.82) is 0 Å². The van der Waals surface area contributed by atoms with E-state index in [9.17, 15) is 15.3 Å². The van der Waals surface area contributed by atoms with E-state index in [4.69, 9.17) is 9.47 Å². The van der Waals surface area contributed by atoms with Crippen LogP contribution in [-0.4, -0.2) is 46.8 Å². The van der Waals surface area contributed by atoms with Gasteiger partial charge in [0.15, 0.2) is 0 Å². The maximum absolute atomic E-state index is 10.4. The lowest BCUT2D eigenvalue weighted by molar-refractivity contribution is -0.143. The molecule has 0 aromatic heterocycles. The summed E-state index contributed by atoms with van der Waals surface area (Å²) in [5, 5.41) is 29.3. The fraction of sp³-hybridized carbons (Fsp3) is 0.368. The van der Waals surface area contributed by atoms with Gasteiger partial charge in [-0.1, -0.05) is 60.7 Å². The number of benzene rings is 2. The first-order chi connectivity index (χ1) is 11.7. The number of aliphatic hydroxyl groups is 3. The Balaban J connectivity index is 1.88. The fourth-order valence-corrected chi connectivity index (χ4v) is 2.31. The van der Waals surface area contributed by atoms with Gasteiger partial charge in [-0.05, 0) is 11.1 Å². The predicted octanol–water partition coefficient (Wildman–Crippen LogP) is 1.50. The molecule has 0 radical (unpaired) electrons.